The zero-order valence-electron chi connectivity index (χ0n) is 15.3. The van der Waals surface area contributed by atoms with Gasteiger partial charge in [0.1, 0.15) is 0 Å². The van der Waals surface area contributed by atoms with Crippen molar-refractivity contribution in [1.82, 2.24) is 0 Å². The molecule has 5 nitrogen and oxygen atoms in total. The van der Waals surface area contributed by atoms with Crippen LogP contribution in [0.4, 0.5) is 0 Å². The molecule has 0 radical (unpaired) electrons. The Bertz CT molecular complexity index is 1040. The molecule has 2 heterocycles. The first-order valence-electron chi connectivity index (χ1n) is 9.36. The molecule has 0 N–H and O–H groups in total. The summed E-state index contributed by atoms with van der Waals surface area (Å²) in [5, 5.41) is -0.956. The van der Waals surface area contributed by atoms with E-state index in [0.29, 0.717) is 23.0 Å². The van der Waals surface area contributed by atoms with Gasteiger partial charge in [-0.05, 0) is 24.3 Å². The van der Waals surface area contributed by atoms with Gasteiger partial charge < -0.3 is 0 Å². The number of hydrogen-bond donors (Lipinski definition) is 0. The number of para-hydroxylation sites is 4. The van der Waals surface area contributed by atoms with Gasteiger partial charge in [0.05, 0.1) is 0 Å². The van der Waals surface area contributed by atoms with Crippen LogP contribution in [-0.4, -0.2) is 5.14 Å². The molecular weight excluding hydrogens is 366 g/mol. The summed E-state index contributed by atoms with van der Waals surface area (Å²) in [6.07, 6.45) is 0. The van der Waals surface area contributed by atoms with Gasteiger partial charge in [0.2, 0.25) is 23.0 Å². The van der Waals surface area contributed by atoms with Gasteiger partial charge in [-0.25, -0.2) is 0 Å². The summed E-state index contributed by atoms with van der Waals surface area (Å²) in [6, 6.07) is 30.9. The van der Waals surface area contributed by atoms with Crippen molar-refractivity contribution >= 4 is 0 Å². The van der Waals surface area contributed by atoms with Crippen LogP contribution in [0.1, 0.15) is 0 Å². The zero-order valence-corrected chi connectivity index (χ0v) is 15.3. The first kappa shape index (κ1) is 16.0. The highest BCUT2D eigenvalue weighted by atomic mass is 17.4. The number of nitrogens with zero attached hydrogens (tertiary/aromatic N) is 1. The standard InChI is InChI=1S/C24H16NO4/c1-5-13-21-17(9-1)18-10-2-6-14-22(18)27-25(26-21)28-23-15-7-3-11-19(23)20-12-4-8-16-24(20)29-25/h1-16H/q+1. The second-order valence-electron chi connectivity index (χ2n) is 6.80. The molecule has 140 valence electrons. The van der Waals surface area contributed by atoms with E-state index in [1.807, 2.05) is 97.1 Å². The second kappa shape index (κ2) is 6.02. The van der Waals surface area contributed by atoms with Crippen LogP contribution in [0.15, 0.2) is 97.1 Å². The van der Waals surface area contributed by atoms with Crippen LogP contribution in [0.3, 0.4) is 0 Å². The molecule has 0 amide bonds. The molecule has 0 unspecified atom stereocenters. The minimum atomic E-state index is -0.956. The molecule has 0 aliphatic carbocycles. The Hall–Kier alpha value is -3.96. The van der Waals surface area contributed by atoms with Crippen LogP contribution in [0.5, 0.6) is 23.0 Å². The normalized spacial score (nSPS) is 14.9. The number of quaternary nitrogens is 1. The van der Waals surface area contributed by atoms with E-state index in [4.69, 9.17) is 19.4 Å². The molecule has 0 bridgehead atoms. The molecule has 5 heteroatoms. The topological polar surface area (TPSA) is 36.9 Å². The van der Waals surface area contributed by atoms with Gasteiger partial charge in [-0.1, -0.05) is 72.8 Å². The quantitative estimate of drug-likeness (QED) is 0.364. The van der Waals surface area contributed by atoms with Gasteiger partial charge in [-0.3, -0.25) is 0 Å². The van der Waals surface area contributed by atoms with Crippen molar-refractivity contribution in [2.45, 2.75) is 0 Å². The van der Waals surface area contributed by atoms with Crippen LogP contribution in [-0.2, 0) is 0 Å². The maximum absolute atomic E-state index is 6.23. The second-order valence-corrected chi connectivity index (χ2v) is 6.80. The number of fused-ring (bicyclic) bond motifs is 6. The zero-order chi connectivity index (χ0) is 19.3. The highest BCUT2D eigenvalue weighted by Crippen LogP contribution is 2.46. The molecule has 29 heavy (non-hydrogen) atoms. The highest BCUT2D eigenvalue weighted by molar-refractivity contribution is 5.77. The summed E-state index contributed by atoms with van der Waals surface area (Å²) in [7, 11) is 0. The molecule has 4 aromatic rings. The van der Waals surface area contributed by atoms with Gasteiger partial charge in [0, 0.05) is 22.3 Å². The summed E-state index contributed by atoms with van der Waals surface area (Å²) >= 11 is 0. The fourth-order valence-corrected chi connectivity index (χ4v) is 3.67. The van der Waals surface area contributed by atoms with Crippen LogP contribution < -0.4 is 19.4 Å². The maximum atomic E-state index is 6.23. The van der Waals surface area contributed by atoms with Crippen molar-refractivity contribution in [3.8, 4) is 45.3 Å². The van der Waals surface area contributed by atoms with Crippen molar-refractivity contribution in [1.29, 1.82) is 0 Å². The predicted octanol–water partition coefficient (Wildman–Crippen LogP) is 5.74. The molecule has 0 saturated heterocycles. The molecular formula is C24H16NO4+. The Morgan fingerprint density at radius 2 is 0.586 bits per heavy atom. The van der Waals surface area contributed by atoms with E-state index in [0.717, 1.165) is 22.3 Å². The minimum Gasteiger partial charge on any atom is -0.181 e. The molecule has 2 aliphatic rings. The highest BCUT2D eigenvalue weighted by Gasteiger charge is 2.50. The summed E-state index contributed by atoms with van der Waals surface area (Å²) in [5.74, 6) is 2.37. The van der Waals surface area contributed by atoms with Gasteiger partial charge in [-0.15, -0.1) is 0 Å². The van der Waals surface area contributed by atoms with Crippen LogP contribution in [0.2, 0.25) is 0 Å². The third-order valence-electron chi connectivity index (χ3n) is 4.97. The van der Waals surface area contributed by atoms with E-state index in [9.17, 15) is 0 Å². The Morgan fingerprint density at radius 1 is 0.345 bits per heavy atom. The molecule has 0 saturated carbocycles. The first-order chi connectivity index (χ1) is 14.3. The molecule has 2 aliphatic heterocycles. The Balaban J connectivity index is 1.60. The van der Waals surface area contributed by atoms with Gasteiger partial charge in [0.25, 0.3) is 0 Å². The lowest BCUT2D eigenvalue weighted by atomic mass is 10.0. The van der Waals surface area contributed by atoms with Crippen molar-refractivity contribution in [2.75, 3.05) is 0 Å². The molecule has 6 rings (SSSR count). The van der Waals surface area contributed by atoms with Crippen LogP contribution >= 0.6 is 0 Å². The van der Waals surface area contributed by atoms with E-state index in [2.05, 4.69) is 0 Å². The first-order valence-corrected chi connectivity index (χ1v) is 9.36. The van der Waals surface area contributed by atoms with Gasteiger partial charge in [0.15, 0.2) is 0 Å². The maximum Gasteiger partial charge on any atom is 0.428 e. The predicted molar refractivity (Wildman–Crippen MR) is 107 cm³/mol. The van der Waals surface area contributed by atoms with Gasteiger partial charge in [-0.2, -0.15) is 19.4 Å². The average Bonchev–Trinajstić information content (AvgIpc) is 2.97. The van der Waals surface area contributed by atoms with E-state index in [1.54, 1.807) is 0 Å². The fourth-order valence-electron chi connectivity index (χ4n) is 3.67. The Labute approximate surface area is 167 Å². The number of rotatable bonds is 0. The third-order valence-corrected chi connectivity index (χ3v) is 4.97. The van der Waals surface area contributed by atoms with E-state index in [1.165, 1.54) is 0 Å². The van der Waals surface area contributed by atoms with E-state index >= 15 is 0 Å². The molecule has 0 aromatic heterocycles. The lowest BCUT2D eigenvalue weighted by molar-refractivity contribution is -1.41. The van der Waals surface area contributed by atoms with Crippen molar-refractivity contribution < 1.29 is 24.5 Å². The summed E-state index contributed by atoms with van der Waals surface area (Å²) in [5.41, 5.74) is 3.60. The monoisotopic (exact) mass is 382 g/mol. The fraction of sp³-hybridized carbons (Fsp3) is 0. The van der Waals surface area contributed by atoms with E-state index in [-0.39, 0.29) is 0 Å². The Kier molecular flexibility index (Phi) is 3.33. The van der Waals surface area contributed by atoms with Crippen LogP contribution in [0, 0.1) is 0 Å². The molecule has 1 spiro atoms. The largest absolute Gasteiger partial charge is 0.428 e. The Morgan fingerprint density at radius 3 is 0.862 bits per heavy atom. The number of benzene rings is 4. The average molecular weight is 382 g/mol. The van der Waals surface area contributed by atoms with Crippen molar-refractivity contribution in [3.63, 3.8) is 0 Å². The molecule has 4 aromatic carbocycles. The third kappa shape index (κ3) is 2.52. The molecule has 0 atom stereocenters. The smallest absolute Gasteiger partial charge is 0.181 e. The van der Waals surface area contributed by atoms with Crippen molar-refractivity contribution in [3.05, 3.63) is 97.1 Å². The van der Waals surface area contributed by atoms with E-state index < -0.39 is 5.14 Å². The van der Waals surface area contributed by atoms with Crippen LogP contribution in [0.25, 0.3) is 22.3 Å². The SMILES string of the molecule is c1ccc2c(c1)O[N+]1(Oc3ccccc3-2)Oc2ccccc2-c2ccccc2O1. The van der Waals surface area contributed by atoms with Crippen molar-refractivity contribution in [2.24, 2.45) is 0 Å². The lowest BCUT2D eigenvalue weighted by Gasteiger charge is -2.23. The summed E-state index contributed by atoms with van der Waals surface area (Å²) in [4.78, 5) is 24.9. The minimum absolute atomic E-state index is 0.592. The lowest BCUT2D eigenvalue weighted by Crippen LogP contribution is -2.58. The summed E-state index contributed by atoms with van der Waals surface area (Å²) in [6.45, 7) is 0. The van der Waals surface area contributed by atoms with Gasteiger partial charge >= 0.3 is 5.14 Å². The number of hydrogen-bond acceptors (Lipinski definition) is 4. The molecule has 0 fully saturated rings. The summed E-state index contributed by atoms with van der Waals surface area (Å²) < 4.78 is 0.